The first-order valence-electron chi connectivity index (χ1n) is 5.85. The van der Waals surface area contributed by atoms with Gasteiger partial charge in [-0.2, -0.15) is 0 Å². The quantitative estimate of drug-likeness (QED) is 0.696. The summed E-state index contributed by atoms with van der Waals surface area (Å²) in [7, 11) is 1.62. The van der Waals surface area contributed by atoms with E-state index in [9.17, 15) is 14.4 Å². The van der Waals surface area contributed by atoms with Crippen molar-refractivity contribution in [3.8, 4) is 0 Å². The summed E-state index contributed by atoms with van der Waals surface area (Å²) >= 11 is 0. The molecule has 0 fully saturated rings. The number of carboxylic acid groups (broad SMARTS) is 1. The van der Waals surface area contributed by atoms with Gasteiger partial charge in [-0.15, -0.1) is 0 Å². The SMILES string of the molecule is CCN(C)C(=O)CNC(=O)C(C(=O)O)C(C)(C)C. The van der Waals surface area contributed by atoms with Crippen LogP contribution in [0.4, 0.5) is 0 Å². The highest BCUT2D eigenvalue weighted by Gasteiger charge is 2.37. The number of rotatable bonds is 5. The van der Waals surface area contributed by atoms with Crippen molar-refractivity contribution in [2.45, 2.75) is 27.7 Å². The normalized spacial score (nSPS) is 12.7. The zero-order valence-electron chi connectivity index (χ0n) is 11.6. The molecule has 6 heteroatoms. The zero-order valence-corrected chi connectivity index (χ0v) is 11.6. The van der Waals surface area contributed by atoms with E-state index in [2.05, 4.69) is 5.32 Å². The molecule has 0 aliphatic rings. The number of carbonyl (C=O) groups is 3. The van der Waals surface area contributed by atoms with Gasteiger partial charge < -0.3 is 15.3 Å². The van der Waals surface area contributed by atoms with Crippen LogP contribution in [0.3, 0.4) is 0 Å². The largest absolute Gasteiger partial charge is 0.481 e. The van der Waals surface area contributed by atoms with Gasteiger partial charge in [-0.05, 0) is 12.3 Å². The summed E-state index contributed by atoms with van der Waals surface area (Å²) in [6.07, 6.45) is 0. The Bertz CT molecular complexity index is 333. The van der Waals surface area contributed by atoms with Gasteiger partial charge in [0.25, 0.3) is 0 Å². The molecule has 0 saturated heterocycles. The maximum absolute atomic E-state index is 11.8. The predicted octanol–water partition coefficient (Wildman–Crippen LogP) is 0.328. The number of carboxylic acids is 1. The Hall–Kier alpha value is -1.59. The van der Waals surface area contributed by atoms with Crippen LogP contribution in [0.25, 0.3) is 0 Å². The summed E-state index contributed by atoms with van der Waals surface area (Å²) in [5.74, 6) is -3.23. The molecular formula is C12H22N2O4. The Morgan fingerprint density at radius 3 is 2.11 bits per heavy atom. The molecule has 0 radical (unpaired) electrons. The lowest BCUT2D eigenvalue weighted by Crippen LogP contribution is -2.46. The molecule has 1 unspecified atom stereocenters. The molecule has 0 aliphatic heterocycles. The van der Waals surface area contributed by atoms with E-state index >= 15 is 0 Å². The Morgan fingerprint density at radius 1 is 1.28 bits per heavy atom. The molecule has 0 aromatic rings. The van der Waals surface area contributed by atoms with E-state index in [1.807, 2.05) is 6.92 Å². The molecule has 1 atom stereocenters. The average Bonchev–Trinajstić information content (AvgIpc) is 2.22. The number of amides is 2. The highest BCUT2D eigenvalue weighted by atomic mass is 16.4. The Balaban J connectivity index is 4.56. The molecule has 0 aliphatic carbocycles. The molecule has 2 N–H and O–H groups in total. The van der Waals surface area contributed by atoms with Crippen LogP contribution in [-0.4, -0.2) is 47.9 Å². The van der Waals surface area contributed by atoms with Gasteiger partial charge >= 0.3 is 5.97 Å². The lowest BCUT2D eigenvalue weighted by molar-refractivity contribution is -0.152. The molecule has 6 nitrogen and oxygen atoms in total. The average molecular weight is 258 g/mol. The lowest BCUT2D eigenvalue weighted by Gasteiger charge is -2.26. The summed E-state index contributed by atoms with van der Waals surface area (Å²) in [5, 5.41) is 11.4. The molecule has 0 aromatic heterocycles. The van der Waals surface area contributed by atoms with Gasteiger partial charge in [0.1, 0.15) is 5.92 Å². The first-order chi connectivity index (χ1) is 8.11. The third-order valence-electron chi connectivity index (χ3n) is 2.69. The zero-order chi connectivity index (χ0) is 14.5. The van der Waals surface area contributed by atoms with Crippen LogP contribution in [-0.2, 0) is 14.4 Å². The van der Waals surface area contributed by atoms with Gasteiger partial charge in [-0.1, -0.05) is 20.8 Å². The van der Waals surface area contributed by atoms with Crippen molar-refractivity contribution in [3.05, 3.63) is 0 Å². The minimum Gasteiger partial charge on any atom is -0.481 e. The van der Waals surface area contributed by atoms with Gasteiger partial charge in [-0.3, -0.25) is 14.4 Å². The predicted molar refractivity (Wildman–Crippen MR) is 66.9 cm³/mol. The molecule has 0 spiro atoms. The molecule has 0 aromatic carbocycles. The monoisotopic (exact) mass is 258 g/mol. The molecule has 0 rings (SSSR count). The Kier molecular flexibility index (Phi) is 5.81. The molecular weight excluding hydrogens is 236 g/mol. The van der Waals surface area contributed by atoms with Gasteiger partial charge in [0.05, 0.1) is 6.54 Å². The van der Waals surface area contributed by atoms with E-state index in [1.165, 1.54) is 4.90 Å². The number of hydrogen-bond donors (Lipinski definition) is 2. The van der Waals surface area contributed by atoms with Crippen LogP contribution in [0.2, 0.25) is 0 Å². The van der Waals surface area contributed by atoms with Crippen molar-refractivity contribution in [2.24, 2.45) is 11.3 Å². The molecule has 0 saturated carbocycles. The van der Waals surface area contributed by atoms with Crippen LogP contribution >= 0.6 is 0 Å². The molecule has 0 heterocycles. The van der Waals surface area contributed by atoms with Crippen molar-refractivity contribution >= 4 is 17.8 Å². The van der Waals surface area contributed by atoms with E-state index < -0.39 is 23.2 Å². The third-order valence-corrected chi connectivity index (χ3v) is 2.69. The first-order valence-corrected chi connectivity index (χ1v) is 5.85. The maximum atomic E-state index is 11.8. The standard InChI is InChI=1S/C12H22N2O4/c1-6-14(5)8(15)7-13-10(16)9(11(17)18)12(2,3)4/h9H,6-7H2,1-5H3,(H,13,16)(H,17,18). The number of nitrogens with one attached hydrogen (secondary N) is 1. The van der Waals surface area contributed by atoms with E-state index in [4.69, 9.17) is 5.11 Å². The molecule has 18 heavy (non-hydrogen) atoms. The van der Waals surface area contributed by atoms with Crippen molar-refractivity contribution in [3.63, 3.8) is 0 Å². The van der Waals surface area contributed by atoms with E-state index in [-0.39, 0.29) is 12.5 Å². The van der Waals surface area contributed by atoms with Crippen LogP contribution in [0, 0.1) is 11.3 Å². The fraction of sp³-hybridized carbons (Fsp3) is 0.750. The first kappa shape index (κ1) is 16.4. The van der Waals surface area contributed by atoms with Gasteiger partial charge in [0, 0.05) is 13.6 Å². The lowest BCUT2D eigenvalue weighted by atomic mass is 9.80. The Labute approximate surface area is 107 Å². The fourth-order valence-corrected chi connectivity index (χ4v) is 1.45. The van der Waals surface area contributed by atoms with E-state index in [0.717, 1.165) is 0 Å². The van der Waals surface area contributed by atoms with Crippen LogP contribution in [0.1, 0.15) is 27.7 Å². The minimum absolute atomic E-state index is 0.178. The second-order valence-electron chi connectivity index (χ2n) is 5.26. The highest BCUT2D eigenvalue weighted by Crippen LogP contribution is 2.26. The number of nitrogens with zero attached hydrogens (tertiary/aromatic N) is 1. The third kappa shape index (κ3) is 4.73. The summed E-state index contributed by atoms with van der Waals surface area (Å²) in [5.41, 5.74) is -0.699. The number of carbonyl (C=O) groups excluding carboxylic acids is 2. The second-order valence-corrected chi connectivity index (χ2v) is 5.26. The maximum Gasteiger partial charge on any atom is 0.316 e. The number of hydrogen-bond acceptors (Lipinski definition) is 3. The van der Waals surface area contributed by atoms with E-state index in [1.54, 1.807) is 27.8 Å². The van der Waals surface area contributed by atoms with Crippen molar-refractivity contribution in [1.29, 1.82) is 0 Å². The van der Waals surface area contributed by atoms with Crippen LogP contribution in [0.15, 0.2) is 0 Å². The minimum atomic E-state index is -1.18. The highest BCUT2D eigenvalue weighted by molar-refractivity contribution is 5.99. The fourth-order valence-electron chi connectivity index (χ4n) is 1.45. The summed E-state index contributed by atoms with van der Waals surface area (Å²) < 4.78 is 0. The van der Waals surface area contributed by atoms with Gasteiger partial charge in [-0.25, -0.2) is 0 Å². The van der Waals surface area contributed by atoms with Crippen molar-refractivity contribution in [2.75, 3.05) is 20.1 Å². The smallest absolute Gasteiger partial charge is 0.316 e. The van der Waals surface area contributed by atoms with E-state index in [0.29, 0.717) is 6.54 Å². The van der Waals surface area contributed by atoms with Crippen molar-refractivity contribution < 1.29 is 19.5 Å². The molecule has 104 valence electrons. The van der Waals surface area contributed by atoms with Crippen LogP contribution < -0.4 is 5.32 Å². The summed E-state index contributed by atoms with van der Waals surface area (Å²) in [6, 6.07) is 0. The topological polar surface area (TPSA) is 86.7 Å². The molecule has 2 amide bonds. The number of likely N-dealkylation sites (N-methyl/N-ethyl adjacent to an activating group) is 1. The number of aliphatic carboxylic acids is 1. The van der Waals surface area contributed by atoms with Crippen LogP contribution in [0.5, 0.6) is 0 Å². The summed E-state index contributed by atoms with van der Waals surface area (Å²) in [6.45, 7) is 7.19. The Morgan fingerprint density at radius 2 is 1.78 bits per heavy atom. The summed E-state index contributed by atoms with van der Waals surface area (Å²) in [4.78, 5) is 35.8. The van der Waals surface area contributed by atoms with Gasteiger partial charge in [0.2, 0.25) is 11.8 Å². The van der Waals surface area contributed by atoms with Gasteiger partial charge in [0.15, 0.2) is 0 Å². The molecule has 0 bridgehead atoms. The second kappa shape index (κ2) is 6.37. The van der Waals surface area contributed by atoms with Crippen molar-refractivity contribution in [1.82, 2.24) is 10.2 Å².